The molecule has 0 aromatic heterocycles. The van der Waals surface area contributed by atoms with E-state index in [0.717, 1.165) is 12.8 Å². The number of carbonyl (C=O) groups is 3. The molecule has 1 aliphatic heterocycles. The average molecular weight is 226 g/mol. The molecule has 6 heteroatoms. The first-order valence-electron chi connectivity index (χ1n) is 5.36. The summed E-state index contributed by atoms with van der Waals surface area (Å²) in [7, 11) is 0. The molecule has 2 fully saturated rings. The Kier molecular flexibility index (Phi) is 2.80. The average Bonchev–Trinajstić information content (AvgIpc) is 2.92. The topological polar surface area (TPSA) is 86.7 Å². The maximum atomic E-state index is 11.6. The van der Waals surface area contributed by atoms with Crippen LogP contribution in [0.15, 0.2) is 0 Å². The van der Waals surface area contributed by atoms with Crippen LogP contribution in [0.3, 0.4) is 0 Å². The third-order valence-electron chi connectivity index (χ3n) is 2.84. The van der Waals surface area contributed by atoms with Crippen molar-refractivity contribution in [3.05, 3.63) is 0 Å². The Bertz CT molecular complexity index is 338. The number of nitrogens with zero attached hydrogens (tertiary/aromatic N) is 1. The van der Waals surface area contributed by atoms with E-state index in [-0.39, 0.29) is 43.3 Å². The molecule has 0 aromatic rings. The molecule has 1 saturated heterocycles. The summed E-state index contributed by atoms with van der Waals surface area (Å²) in [6, 6.07) is 0.274. The Morgan fingerprint density at radius 1 is 1.44 bits per heavy atom. The smallest absolute Gasteiger partial charge is 0.323 e. The van der Waals surface area contributed by atoms with Gasteiger partial charge < -0.3 is 15.3 Å². The molecule has 2 rings (SSSR count). The van der Waals surface area contributed by atoms with E-state index in [4.69, 9.17) is 5.11 Å². The molecule has 88 valence electrons. The van der Waals surface area contributed by atoms with Crippen molar-refractivity contribution in [3.8, 4) is 0 Å². The van der Waals surface area contributed by atoms with Gasteiger partial charge >= 0.3 is 5.97 Å². The zero-order valence-corrected chi connectivity index (χ0v) is 8.81. The highest BCUT2D eigenvalue weighted by atomic mass is 16.4. The predicted octanol–water partition coefficient (Wildman–Crippen LogP) is -0.802. The summed E-state index contributed by atoms with van der Waals surface area (Å²) < 4.78 is 0. The number of nitrogens with one attached hydrogen (secondary N) is 1. The summed E-state index contributed by atoms with van der Waals surface area (Å²) in [5.74, 6) is -1.80. The van der Waals surface area contributed by atoms with Crippen molar-refractivity contribution in [2.24, 2.45) is 5.92 Å². The molecule has 0 spiro atoms. The van der Waals surface area contributed by atoms with E-state index in [1.165, 1.54) is 4.90 Å². The largest absolute Gasteiger partial charge is 0.480 e. The fourth-order valence-electron chi connectivity index (χ4n) is 1.81. The lowest BCUT2D eigenvalue weighted by atomic mass is 10.1. The van der Waals surface area contributed by atoms with Gasteiger partial charge in [0.15, 0.2) is 0 Å². The third kappa shape index (κ3) is 2.50. The van der Waals surface area contributed by atoms with Gasteiger partial charge in [-0.15, -0.1) is 0 Å². The third-order valence-corrected chi connectivity index (χ3v) is 2.84. The number of amides is 2. The lowest BCUT2D eigenvalue weighted by Crippen LogP contribution is -2.35. The number of hydrogen-bond donors (Lipinski definition) is 2. The number of carbonyl (C=O) groups excluding carboxylic acids is 2. The van der Waals surface area contributed by atoms with Crippen LogP contribution in [-0.4, -0.2) is 46.9 Å². The zero-order chi connectivity index (χ0) is 11.7. The van der Waals surface area contributed by atoms with Crippen molar-refractivity contribution in [1.82, 2.24) is 10.2 Å². The Labute approximate surface area is 92.6 Å². The van der Waals surface area contributed by atoms with Gasteiger partial charge in [0.25, 0.3) is 0 Å². The molecule has 0 radical (unpaired) electrons. The van der Waals surface area contributed by atoms with E-state index in [1.807, 2.05) is 0 Å². The van der Waals surface area contributed by atoms with E-state index >= 15 is 0 Å². The SMILES string of the molecule is O=C(O)CN1CC(C(=O)NC2CC2)CC1=O. The van der Waals surface area contributed by atoms with Crippen LogP contribution in [0.5, 0.6) is 0 Å². The highest BCUT2D eigenvalue weighted by Gasteiger charge is 2.36. The van der Waals surface area contributed by atoms with Crippen LogP contribution >= 0.6 is 0 Å². The van der Waals surface area contributed by atoms with Crippen molar-refractivity contribution < 1.29 is 19.5 Å². The fraction of sp³-hybridized carbons (Fsp3) is 0.700. The number of hydrogen-bond acceptors (Lipinski definition) is 3. The molecule has 1 saturated carbocycles. The monoisotopic (exact) mass is 226 g/mol. The molecule has 2 aliphatic rings. The molecular formula is C10H14N2O4. The van der Waals surface area contributed by atoms with Crippen LogP contribution in [0.2, 0.25) is 0 Å². The van der Waals surface area contributed by atoms with Gasteiger partial charge in [-0.3, -0.25) is 14.4 Å². The highest BCUT2D eigenvalue weighted by Crippen LogP contribution is 2.22. The Balaban J connectivity index is 1.86. The minimum Gasteiger partial charge on any atom is -0.480 e. The number of carboxylic acids is 1. The minimum absolute atomic E-state index is 0.122. The van der Waals surface area contributed by atoms with Gasteiger partial charge in [0.1, 0.15) is 6.54 Å². The van der Waals surface area contributed by atoms with E-state index in [9.17, 15) is 14.4 Å². The van der Waals surface area contributed by atoms with Gasteiger partial charge in [0.2, 0.25) is 11.8 Å². The van der Waals surface area contributed by atoms with E-state index in [1.54, 1.807) is 0 Å². The summed E-state index contributed by atoms with van der Waals surface area (Å²) in [6.45, 7) is -0.0876. The molecule has 1 unspecified atom stereocenters. The van der Waals surface area contributed by atoms with Crippen LogP contribution in [0.25, 0.3) is 0 Å². The number of aliphatic carboxylic acids is 1. The molecule has 6 nitrogen and oxygen atoms in total. The summed E-state index contributed by atoms with van der Waals surface area (Å²) in [5, 5.41) is 11.4. The van der Waals surface area contributed by atoms with Gasteiger partial charge in [-0.05, 0) is 12.8 Å². The first kappa shape index (κ1) is 10.9. The normalized spacial score (nSPS) is 24.6. The van der Waals surface area contributed by atoms with E-state index in [0.29, 0.717) is 0 Å². The summed E-state index contributed by atoms with van der Waals surface area (Å²) in [4.78, 5) is 34.7. The number of carboxylic acid groups (broad SMARTS) is 1. The first-order valence-corrected chi connectivity index (χ1v) is 5.36. The molecule has 16 heavy (non-hydrogen) atoms. The zero-order valence-electron chi connectivity index (χ0n) is 8.81. The van der Waals surface area contributed by atoms with E-state index in [2.05, 4.69) is 5.32 Å². The van der Waals surface area contributed by atoms with Gasteiger partial charge in [0, 0.05) is 19.0 Å². The van der Waals surface area contributed by atoms with Crippen molar-refractivity contribution >= 4 is 17.8 Å². The maximum Gasteiger partial charge on any atom is 0.323 e. The second-order valence-corrected chi connectivity index (χ2v) is 4.35. The van der Waals surface area contributed by atoms with Gasteiger partial charge in [0.05, 0.1) is 5.92 Å². The summed E-state index contributed by atoms with van der Waals surface area (Å²) in [5.41, 5.74) is 0. The second kappa shape index (κ2) is 4.11. The lowest BCUT2D eigenvalue weighted by molar-refractivity contribution is -0.142. The summed E-state index contributed by atoms with van der Waals surface area (Å²) >= 11 is 0. The molecule has 2 amide bonds. The first-order chi connectivity index (χ1) is 7.56. The fourth-order valence-corrected chi connectivity index (χ4v) is 1.81. The van der Waals surface area contributed by atoms with Crippen LogP contribution in [-0.2, 0) is 14.4 Å². The van der Waals surface area contributed by atoms with Crippen LogP contribution in [0, 0.1) is 5.92 Å². The quantitative estimate of drug-likeness (QED) is 0.657. The van der Waals surface area contributed by atoms with Crippen LogP contribution in [0.4, 0.5) is 0 Å². The summed E-state index contributed by atoms with van der Waals surface area (Å²) in [6.07, 6.45) is 2.14. The Morgan fingerprint density at radius 2 is 2.12 bits per heavy atom. The molecular weight excluding hydrogens is 212 g/mol. The molecule has 0 bridgehead atoms. The van der Waals surface area contributed by atoms with Gasteiger partial charge in [-0.1, -0.05) is 0 Å². The van der Waals surface area contributed by atoms with Gasteiger partial charge in [-0.2, -0.15) is 0 Å². The van der Waals surface area contributed by atoms with Crippen molar-refractivity contribution in [3.63, 3.8) is 0 Å². The Hall–Kier alpha value is -1.59. The Morgan fingerprint density at radius 3 is 2.69 bits per heavy atom. The predicted molar refractivity (Wildman–Crippen MR) is 53.5 cm³/mol. The standard InChI is InChI=1S/C10H14N2O4/c13-8-3-6(4-12(8)5-9(14)15)10(16)11-7-1-2-7/h6-7H,1-5H2,(H,11,16)(H,14,15). The molecule has 1 atom stereocenters. The highest BCUT2D eigenvalue weighted by molar-refractivity contribution is 5.91. The van der Waals surface area contributed by atoms with Crippen LogP contribution in [0.1, 0.15) is 19.3 Å². The van der Waals surface area contributed by atoms with E-state index < -0.39 is 5.97 Å². The van der Waals surface area contributed by atoms with Crippen molar-refractivity contribution in [2.45, 2.75) is 25.3 Å². The van der Waals surface area contributed by atoms with Gasteiger partial charge in [-0.25, -0.2) is 0 Å². The van der Waals surface area contributed by atoms with Crippen molar-refractivity contribution in [1.29, 1.82) is 0 Å². The number of rotatable bonds is 4. The minimum atomic E-state index is -1.04. The lowest BCUT2D eigenvalue weighted by Gasteiger charge is -2.13. The molecule has 2 N–H and O–H groups in total. The molecule has 1 aliphatic carbocycles. The molecule has 1 heterocycles. The number of likely N-dealkylation sites (tertiary alicyclic amines) is 1. The second-order valence-electron chi connectivity index (χ2n) is 4.35. The van der Waals surface area contributed by atoms with Crippen LogP contribution < -0.4 is 5.32 Å². The molecule has 0 aromatic carbocycles. The maximum absolute atomic E-state index is 11.6. The van der Waals surface area contributed by atoms with Crippen molar-refractivity contribution in [2.75, 3.05) is 13.1 Å².